The number of unbranched alkanes of at least 4 members (excludes halogenated alkanes) is 40. The summed E-state index contributed by atoms with van der Waals surface area (Å²) in [5.74, 6) is 0.00855. The number of esters is 3. The number of ether oxygens (including phenoxy) is 3. The summed E-state index contributed by atoms with van der Waals surface area (Å²) in [4.78, 5) is 38.1. The zero-order valence-corrected chi connectivity index (χ0v) is 43.8. The minimum absolute atomic E-state index is 0.0618. The van der Waals surface area contributed by atoms with E-state index in [2.05, 4.69) is 27.7 Å². The van der Waals surface area contributed by atoms with Gasteiger partial charge in [0.05, 0.1) is 0 Å². The third-order valence-electron chi connectivity index (χ3n) is 13.3. The molecular weight excluding hydrogens is 793 g/mol. The summed E-state index contributed by atoms with van der Waals surface area (Å²) < 4.78 is 16.9. The van der Waals surface area contributed by atoms with Gasteiger partial charge in [0.15, 0.2) is 6.10 Å². The van der Waals surface area contributed by atoms with E-state index in [0.29, 0.717) is 19.3 Å². The van der Waals surface area contributed by atoms with Crippen molar-refractivity contribution in [2.24, 2.45) is 5.92 Å². The van der Waals surface area contributed by atoms with Gasteiger partial charge >= 0.3 is 17.9 Å². The summed E-state index contributed by atoms with van der Waals surface area (Å²) in [5.41, 5.74) is 0. The van der Waals surface area contributed by atoms with E-state index < -0.39 is 6.10 Å². The van der Waals surface area contributed by atoms with Gasteiger partial charge in [0, 0.05) is 19.3 Å². The van der Waals surface area contributed by atoms with E-state index in [1.807, 2.05) is 0 Å². The zero-order chi connectivity index (χ0) is 46.7. The molecule has 0 spiro atoms. The van der Waals surface area contributed by atoms with Gasteiger partial charge < -0.3 is 14.2 Å². The summed E-state index contributed by atoms with van der Waals surface area (Å²) >= 11 is 0. The van der Waals surface area contributed by atoms with Crippen LogP contribution < -0.4 is 0 Å². The smallest absolute Gasteiger partial charge is 0.306 e. The van der Waals surface area contributed by atoms with E-state index in [0.717, 1.165) is 63.7 Å². The van der Waals surface area contributed by atoms with Crippen molar-refractivity contribution >= 4 is 17.9 Å². The van der Waals surface area contributed by atoms with E-state index in [1.165, 1.54) is 225 Å². The lowest BCUT2D eigenvalue weighted by molar-refractivity contribution is -0.167. The maximum atomic E-state index is 12.8. The first-order valence-electron chi connectivity index (χ1n) is 28.9. The lowest BCUT2D eigenvalue weighted by atomic mass is 10.0. The second-order valence-electron chi connectivity index (χ2n) is 20.4. The van der Waals surface area contributed by atoms with Crippen LogP contribution in [0.25, 0.3) is 0 Å². The molecule has 0 fully saturated rings. The van der Waals surface area contributed by atoms with Gasteiger partial charge in [-0.2, -0.15) is 0 Å². The second kappa shape index (κ2) is 52.4. The van der Waals surface area contributed by atoms with Gasteiger partial charge in [0.2, 0.25) is 0 Å². The number of carbonyl (C=O) groups excluding carboxylic acids is 3. The summed E-state index contributed by atoms with van der Waals surface area (Å²) in [7, 11) is 0. The van der Waals surface area contributed by atoms with Crippen molar-refractivity contribution in [3.05, 3.63) is 0 Å². The van der Waals surface area contributed by atoms with Crippen LogP contribution >= 0.6 is 0 Å². The van der Waals surface area contributed by atoms with E-state index in [1.54, 1.807) is 0 Å². The molecule has 0 N–H and O–H groups in total. The van der Waals surface area contributed by atoms with Crippen LogP contribution in [0, 0.1) is 5.92 Å². The second-order valence-corrected chi connectivity index (χ2v) is 20.4. The Morgan fingerprint density at radius 3 is 0.766 bits per heavy atom. The van der Waals surface area contributed by atoms with Crippen molar-refractivity contribution in [3.8, 4) is 0 Å². The molecule has 1 atom stereocenters. The Hall–Kier alpha value is -1.59. The first-order chi connectivity index (χ1) is 31.4. The van der Waals surface area contributed by atoms with Crippen molar-refractivity contribution in [1.82, 2.24) is 0 Å². The Bertz CT molecular complexity index is 964. The van der Waals surface area contributed by atoms with Crippen LogP contribution in [-0.2, 0) is 28.6 Å². The highest BCUT2D eigenvalue weighted by Gasteiger charge is 2.19. The van der Waals surface area contributed by atoms with Crippen LogP contribution in [0.5, 0.6) is 0 Å². The molecule has 0 radical (unpaired) electrons. The Morgan fingerprint density at radius 1 is 0.297 bits per heavy atom. The molecule has 0 heterocycles. The van der Waals surface area contributed by atoms with Crippen molar-refractivity contribution in [1.29, 1.82) is 0 Å². The zero-order valence-electron chi connectivity index (χ0n) is 43.8. The molecule has 0 aromatic heterocycles. The molecule has 0 unspecified atom stereocenters. The topological polar surface area (TPSA) is 78.9 Å². The highest BCUT2D eigenvalue weighted by atomic mass is 16.6. The van der Waals surface area contributed by atoms with Crippen LogP contribution in [0.4, 0.5) is 0 Å². The summed E-state index contributed by atoms with van der Waals surface area (Å²) in [6.45, 7) is 9.07. The van der Waals surface area contributed by atoms with Gasteiger partial charge in [0.1, 0.15) is 13.2 Å². The van der Waals surface area contributed by atoms with Gasteiger partial charge in [-0.1, -0.05) is 291 Å². The van der Waals surface area contributed by atoms with Gasteiger partial charge in [-0.25, -0.2) is 0 Å². The summed E-state index contributed by atoms with van der Waals surface area (Å²) in [6, 6.07) is 0. The number of hydrogen-bond acceptors (Lipinski definition) is 6. The van der Waals surface area contributed by atoms with Crippen LogP contribution in [0.15, 0.2) is 0 Å². The minimum Gasteiger partial charge on any atom is -0.462 e. The monoisotopic (exact) mass is 905 g/mol. The van der Waals surface area contributed by atoms with Crippen LogP contribution in [0.2, 0.25) is 0 Å². The Kier molecular flexibility index (Phi) is 51.1. The van der Waals surface area contributed by atoms with Gasteiger partial charge in [0.25, 0.3) is 0 Å². The predicted octanol–water partition coefficient (Wildman–Crippen LogP) is 19.0. The molecule has 0 aliphatic heterocycles. The molecule has 0 aromatic carbocycles. The fourth-order valence-electron chi connectivity index (χ4n) is 8.92. The van der Waals surface area contributed by atoms with Crippen LogP contribution in [-0.4, -0.2) is 37.2 Å². The summed E-state index contributed by atoms with van der Waals surface area (Å²) in [6.07, 6.45) is 56.6. The molecule has 380 valence electrons. The lowest BCUT2D eigenvalue weighted by Gasteiger charge is -2.18. The molecule has 64 heavy (non-hydrogen) atoms. The molecule has 0 rings (SSSR count). The van der Waals surface area contributed by atoms with Gasteiger partial charge in [-0.15, -0.1) is 0 Å². The lowest BCUT2D eigenvalue weighted by Crippen LogP contribution is -2.30. The Balaban J connectivity index is 4.29. The molecule has 0 aromatic rings. The first-order valence-corrected chi connectivity index (χ1v) is 28.9. The SMILES string of the molecule is CCCCCCCCCCCCCCCCCCC(=O)OC[C@H](COC(=O)CCCCCCCCCCCCCCC)OC(=O)CCCCCCCCCCCCCCCCC(C)C. The average molecular weight is 906 g/mol. The van der Waals surface area contributed by atoms with E-state index in [-0.39, 0.29) is 31.1 Å². The highest BCUT2D eigenvalue weighted by molar-refractivity contribution is 5.71. The van der Waals surface area contributed by atoms with E-state index in [4.69, 9.17) is 14.2 Å². The summed E-state index contributed by atoms with van der Waals surface area (Å²) in [5, 5.41) is 0. The molecule has 0 bridgehead atoms. The fraction of sp³-hybridized carbons (Fsp3) is 0.948. The Labute approximate surface area is 399 Å². The normalized spacial score (nSPS) is 12.0. The third-order valence-corrected chi connectivity index (χ3v) is 13.3. The molecule has 0 aliphatic rings. The quantitative estimate of drug-likeness (QED) is 0.0344. The first kappa shape index (κ1) is 62.4. The van der Waals surface area contributed by atoms with Crippen molar-refractivity contribution in [2.45, 2.75) is 336 Å². The van der Waals surface area contributed by atoms with Crippen molar-refractivity contribution in [3.63, 3.8) is 0 Å². The molecule has 0 saturated heterocycles. The predicted molar refractivity (Wildman–Crippen MR) is 275 cm³/mol. The standard InChI is InChI=1S/C58H112O6/c1-5-7-9-11-13-15-17-19-20-21-26-30-34-38-42-46-50-57(60)63-53-55(52-62-56(59)49-45-41-37-33-29-24-18-16-14-12-10-8-6-2)64-58(61)51-47-43-39-35-31-27-23-22-25-28-32-36-40-44-48-54(3)4/h54-55H,5-53H2,1-4H3/t55-/m0/s1. The van der Waals surface area contributed by atoms with Crippen LogP contribution in [0.1, 0.15) is 329 Å². The molecule has 0 saturated carbocycles. The molecule has 6 heteroatoms. The van der Waals surface area contributed by atoms with Crippen molar-refractivity contribution < 1.29 is 28.6 Å². The van der Waals surface area contributed by atoms with Crippen molar-refractivity contribution in [2.75, 3.05) is 13.2 Å². The maximum absolute atomic E-state index is 12.8. The molecule has 6 nitrogen and oxygen atoms in total. The highest BCUT2D eigenvalue weighted by Crippen LogP contribution is 2.18. The molecule has 0 amide bonds. The minimum atomic E-state index is -0.761. The number of carbonyl (C=O) groups is 3. The van der Waals surface area contributed by atoms with Crippen LogP contribution in [0.3, 0.4) is 0 Å². The Morgan fingerprint density at radius 2 is 0.516 bits per heavy atom. The van der Waals surface area contributed by atoms with E-state index >= 15 is 0 Å². The van der Waals surface area contributed by atoms with E-state index in [9.17, 15) is 14.4 Å². The molecule has 0 aliphatic carbocycles. The van der Waals surface area contributed by atoms with Gasteiger partial charge in [-0.3, -0.25) is 14.4 Å². The molecular formula is C58H112O6. The fourth-order valence-corrected chi connectivity index (χ4v) is 8.92. The number of hydrogen-bond donors (Lipinski definition) is 0. The average Bonchev–Trinajstić information content (AvgIpc) is 3.28. The largest absolute Gasteiger partial charge is 0.462 e. The third kappa shape index (κ3) is 51.4. The maximum Gasteiger partial charge on any atom is 0.306 e. The number of rotatable bonds is 53. The van der Waals surface area contributed by atoms with Gasteiger partial charge in [-0.05, 0) is 25.2 Å².